The maximum absolute atomic E-state index is 5.41. The van der Waals surface area contributed by atoms with E-state index in [9.17, 15) is 0 Å². The van der Waals surface area contributed by atoms with Crippen molar-refractivity contribution < 1.29 is 4.52 Å². The molecule has 2 aromatic heterocycles. The number of hydrogen-bond donors (Lipinski definition) is 1. The van der Waals surface area contributed by atoms with Crippen LogP contribution in [0.5, 0.6) is 0 Å². The van der Waals surface area contributed by atoms with Crippen LogP contribution in [0.25, 0.3) is 11.6 Å². The molecule has 1 aliphatic rings. The zero-order valence-corrected chi connectivity index (χ0v) is 11.2. The molecule has 4 rings (SSSR count). The Balaban J connectivity index is 1.71. The number of nitrogens with zero attached hydrogens (tertiary/aromatic N) is 4. The van der Waals surface area contributed by atoms with Gasteiger partial charge < -0.3 is 9.84 Å². The van der Waals surface area contributed by atoms with Crippen LogP contribution in [0.1, 0.15) is 23.1 Å². The van der Waals surface area contributed by atoms with Gasteiger partial charge in [-0.05, 0) is 23.6 Å². The van der Waals surface area contributed by atoms with Crippen LogP contribution in [-0.2, 0) is 6.42 Å². The van der Waals surface area contributed by atoms with Crippen LogP contribution in [0.2, 0.25) is 0 Å². The highest BCUT2D eigenvalue weighted by atomic mass is 16.5. The van der Waals surface area contributed by atoms with E-state index >= 15 is 0 Å². The molecule has 21 heavy (non-hydrogen) atoms. The minimum Gasteiger partial charge on any atom is -0.337 e. The summed E-state index contributed by atoms with van der Waals surface area (Å²) in [6.45, 7) is 0.890. The average molecular weight is 279 g/mol. The molecule has 3 aromatic rings. The number of benzene rings is 1. The predicted molar refractivity (Wildman–Crippen MR) is 75.3 cm³/mol. The molecule has 0 fully saturated rings. The summed E-state index contributed by atoms with van der Waals surface area (Å²) in [5, 5.41) is 7.40. The first-order chi connectivity index (χ1) is 10.4. The second-order valence-corrected chi connectivity index (χ2v) is 4.86. The van der Waals surface area contributed by atoms with Gasteiger partial charge in [0.2, 0.25) is 17.5 Å². The van der Waals surface area contributed by atoms with Crippen molar-refractivity contribution in [1.29, 1.82) is 0 Å². The van der Waals surface area contributed by atoms with Crippen LogP contribution in [0.15, 0.2) is 47.2 Å². The van der Waals surface area contributed by atoms with Gasteiger partial charge in [0.05, 0.1) is 0 Å². The van der Waals surface area contributed by atoms with E-state index in [1.807, 2.05) is 6.07 Å². The maximum Gasteiger partial charge on any atom is 0.248 e. The Morgan fingerprint density at radius 1 is 1.05 bits per heavy atom. The number of fused-ring (bicyclic) bond motifs is 1. The number of aromatic nitrogens is 4. The van der Waals surface area contributed by atoms with Crippen LogP contribution in [0.4, 0.5) is 0 Å². The van der Waals surface area contributed by atoms with E-state index in [2.05, 4.69) is 43.6 Å². The van der Waals surface area contributed by atoms with Crippen molar-refractivity contribution >= 4 is 0 Å². The Kier molecular flexibility index (Phi) is 2.93. The lowest BCUT2D eigenvalue weighted by molar-refractivity contribution is 0.343. The quantitative estimate of drug-likeness (QED) is 0.770. The normalized spacial score (nSPS) is 17.4. The molecular formula is C15H13N5O. The second-order valence-electron chi connectivity index (χ2n) is 4.86. The Labute approximate surface area is 121 Å². The van der Waals surface area contributed by atoms with E-state index in [0.29, 0.717) is 17.5 Å². The molecule has 0 saturated carbocycles. The van der Waals surface area contributed by atoms with Gasteiger partial charge in [-0.1, -0.05) is 29.4 Å². The van der Waals surface area contributed by atoms with E-state index in [-0.39, 0.29) is 6.04 Å². The summed E-state index contributed by atoms with van der Waals surface area (Å²) < 4.78 is 5.41. The smallest absolute Gasteiger partial charge is 0.248 e. The summed E-state index contributed by atoms with van der Waals surface area (Å²) >= 11 is 0. The highest BCUT2D eigenvalue weighted by Crippen LogP contribution is 2.28. The van der Waals surface area contributed by atoms with Crippen molar-refractivity contribution in [2.45, 2.75) is 12.5 Å². The van der Waals surface area contributed by atoms with Gasteiger partial charge in [-0.3, -0.25) is 0 Å². The molecule has 1 unspecified atom stereocenters. The van der Waals surface area contributed by atoms with E-state index < -0.39 is 0 Å². The Morgan fingerprint density at radius 2 is 1.90 bits per heavy atom. The summed E-state index contributed by atoms with van der Waals surface area (Å²) in [5.74, 6) is 1.43. The Hall–Kier alpha value is -2.60. The number of rotatable bonds is 2. The fourth-order valence-corrected chi connectivity index (χ4v) is 2.58. The zero-order valence-electron chi connectivity index (χ0n) is 11.2. The maximum atomic E-state index is 5.41. The van der Waals surface area contributed by atoms with Crippen molar-refractivity contribution in [3.05, 3.63) is 59.7 Å². The summed E-state index contributed by atoms with van der Waals surface area (Å²) in [6.07, 6.45) is 4.33. The summed E-state index contributed by atoms with van der Waals surface area (Å²) in [5.41, 5.74) is 2.50. The first-order valence-corrected chi connectivity index (χ1v) is 6.84. The molecule has 3 heterocycles. The highest BCUT2D eigenvalue weighted by Gasteiger charge is 2.26. The lowest BCUT2D eigenvalue weighted by Crippen LogP contribution is -2.30. The molecule has 0 bridgehead atoms. The topological polar surface area (TPSA) is 76.7 Å². The van der Waals surface area contributed by atoms with Gasteiger partial charge in [-0.25, -0.2) is 9.97 Å². The average Bonchev–Trinajstić information content (AvgIpc) is 3.05. The molecule has 0 aliphatic carbocycles. The molecule has 6 nitrogen and oxygen atoms in total. The van der Waals surface area contributed by atoms with Gasteiger partial charge in [0, 0.05) is 18.9 Å². The minimum absolute atomic E-state index is 0.0695. The molecular weight excluding hydrogens is 266 g/mol. The van der Waals surface area contributed by atoms with Crippen molar-refractivity contribution in [2.75, 3.05) is 6.54 Å². The van der Waals surface area contributed by atoms with Crippen LogP contribution in [0.3, 0.4) is 0 Å². The molecule has 1 N–H and O–H groups in total. The standard InChI is InChI=1S/C15H13N5O/c1-2-5-11-10(4-1)6-9-16-12(11)15-19-14(20-21-15)13-17-7-3-8-18-13/h1-5,7-8,12,16H,6,9H2. The van der Waals surface area contributed by atoms with Crippen molar-refractivity contribution in [3.63, 3.8) is 0 Å². The molecule has 1 atom stereocenters. The molecule has 1 aliphatic heterocycles. The fraction of sp³-hybridized carbons (Fsp3) is 0.200. The van der Waals surface area contributed by atoms with E-state index in [1.54, 1.807) is 18.5 Å². The van der Waals surface area contributed by atoms with Crippen LogP contribution in [0, 0.1) is 0 Å². The SMILES string of the molecule is c1cnc(-c2noc(C3NCCc4ccccc43)n2)nc1. The molecule has 6 heteroatoms. The van der Waals surface area contributed by atoms with Gasteiger partial charge in [0.15, 0.2) is 0 Å². The number of nitrogens with one attached hydrogen (secondary N) is 1. The minimum atomic E-state index is -0.0695. The van der Waals surface area contributed by atoms with Crippen LogP contribution in [-0.4, -0.2) is 26.7 Å². The monoisotopic (exact) mass is 279 g/mol. The van der Waals surface area contributed by atoms with Gasteiger partial charge in [-0.2, -0.15) is 4.98 Å². The van der Waals surface area contributed by atoms with Crippen LogP contribution < -0.4 is 5.32 Å². The van der Waals surface area contributed by atoms with E-state index in [4.69, 9.17) is 4.52 Å². The first-order valence-electron chi connectivity index (χ1n) is 6.84. The van der Waals surface area contributed by atoms with Crippen molar-refractivity contribution in [1.82, 2.24) is 25.4 Å². The fourth-order valence-electron chi connectivity index (χ4n) is 2.58. The third-order valence-electron chi connectivity index (χ3n) is 3.56. The third-order valence-corrected chi connectivity index (χ3v) is 3.56. The molecule has 104 valence electrons. The van der Waals surface area contributed by atoms with E-state index in [0.717, 1.165) is 13.0 Å². The van der Waals surface area contributed by atoms with Gasteiger partial charge in [0.1, 0.15) is 6.04 Å². The summed E-state index contributed by atoms with van der Waals surface area (Å²) in [4.78, 5) is 12.7. The Morgan fingerprint density at radius 3 is 2.81 bits per heavy atom. The van der Waals surface area contributed by atoms with Crippen molar-refractivity contribution in [3.8, 4) is 11.6 Å². The highest BCUT2D eigenvalue weighted by molar-refractivity contribution is 5.42. The molecule has 1 aromatic carbocycles. The van der Waals surface area contributed by atoms with Crippen molar-refractivity contribution in [2.24, 2.45) is 0 Å². The summed E-state index contributed by atoms with van der Waals surface area (Å²) in [7, 11) is 0. The van der Waals surface area contributed by atoms with Crippen LogP contribution >= 0.6 is 0 Å². The first kappa shape index (κ1) is 12.2. The van der Waals surface area contributed by atoms with Gasteiger partial charge in [-0.15, -0.1) is 0 Å². The molecule has 0 amide bonds. The molecule has 0 radical (unpaired) electrons. The van der Waals surface area contributed by atoms with E-state index in [1.165, 1.54) is 11.1 Å². The predicted octanol–water partition coefficient (Wildman–Crippen LogP) is 1.76. The Bertz CT molecular complexity index is 756. The molecule has 0 spiro atoms. The largest absolute Gasteiger partial charge is 0.337 e. The zero-order chi connectivity index (χ0) is 14.1. The third kappa shape index (κ3) is 2.19. The lowest BCUT2D eigenvalue weighted by atomic mass is 9.94. The lowest BCUT2D eigenvalue weighted by Gasteiger charge is -2.23. The van der Waals surface area contributed by atoms with Gasteiger partial charge in [0.25, 0.3) is 0 Å². The second kappa shape index (κ2) is 5.06. The van der Waals surface area contributed by atoms with Gasteiger partial charge >= 0.3 is 0 Å². The molecule has 0 saturated heterocycles. The summed E-state index contributed by atoms with van der Waals surface area (Å²) in [6, 6.07) is 9.99. The number of hydrogen-bond acceptors (Lipinski definition) is 6.